The predicted molar refractivity (Wildman–Crippen MR) is 145 cm³/mol. The number of aryl methyl sites for hydroxylation is 1. The molecule has 0 aliphatic rings. The molecule has 188 valence electrons. The molecular weight excluding hydrogens is 480 g/mol. The molecule has 0 bridgehead atoms. The zero-order valence-corrected chi connectivity index (χ0v) is 21.0. The van der Waals surface area contributed by atoms with Gasteiger partial charge in [-0.05, 0) is 43.7 Å². The van der Waals surface area contributed by atoms with E-state index in [1.165, 1.54) is 6.20 Å². The Hall–Kier alpha value is -5.30. The van der Waals surface area contributed by atoms with Gasteiger partial charge in [-0.3, -0.25) is 14.3 Å². The van der Waals surface area contributed by atoms with Crippen LogP contribution in [0, 0.1) is 18.3 Å². The van der Waals surface area contributed by atoms with E-state index in [-0.39, 0.29) is 22.9 Å². The van der Waals surface area contributed by atoms with Crippen LogP contribution in [-0.4, -0.2) is 31.6 Å². The number of aromatic nitrogens is 5. The molecule has 5 rings (SSSR count). The van der Waals surface area contributed by atoms with Crippen LogP contribution in [0.4, 0.5) is 11.8 Å². The summed E-state index contributed by atoms with van der Waals surface area (Å²) in [5.41, 5.74) is 9.09. The second-order valence-electron chi connectivity index (χ2n) is 8.63. The number of rotatable bonds is 6. The topological polar surface area (TPSA) is 145 Å². The fourth-order valence-electron chi connectivity index (χ4n) is 4.33. The number of nitrogens with zero attached hydrogens (tertiary/aromatic N) is 6. The van der Waals surface area contributed by atoms with Gasteiger partial charge in [0, 0.05) is 11.8 Å². The van der Waals surface area contributed by atoms with Crippen molar-refractivity contribution in [2.24, 2.45) is 0 Å². The van der Waals surface area contributed by atoms with Gasteiger partial charge in [-0.25, -0.2) is 9.97 Å². The van der Waals surface area contributed by atoms with E-state index in [2.05, 4.69) is 26.3 Å². The maximum atomic E-state index is 14.2. The molecule has 0 fully saturated rings. The number of ether oxygens (including phenoxy) is 1. The Balaban J connectivity index is 1.75. The molecule has 38 heavy (non-hydrogen) atoms. The number of methoxy groups -OCH3 is 1. The summed E-state index contributed by atoms with van der Waals surface area (Å²) in [5, 5.41) is 13.1. The third-order valence-electron chi connectivity index (χ3n) is 6.18. The number of hydrogen-bond donors (Lipinski definition) is 2. The van der Waals surface area contributed by atoms with E-state index in [1.807, 2.05) is 62.4 Å². The van der Waals surface area contributed by atoms with Crippen molar-refractivity contribution in [2.75, 3.05) is 18.2 Å². The molecule has 10 nitrogen and oxygen atoms in total. The molecule has 0 saturated carbocycles. The molecule has 0 unspecified atom stereocenters. The molecule has 0 radical (unpaired) electrons. The molecule has 1 atom stereocenters. The molecule has 2 aromatic carbocycles. The van der Waals surface area contributed by atoms with Crippen LogP contribution in [0.1, 0.15) is 30.0 Å². The summed E-state index contributed by atoms with van der Waals surface area (Å²) < 4.78 is 7.03. The fraction of sp³-hybridized carbons (Fsp3) is 0.143. The fourth-order valence-corrected chi connectivity index (χ4v) is 4.33. The average Bonchev–Trinajstić information content (AvgIpc) is 2.93. The molecule has 0 aliphatic carbocycles. The molecule has 3 N–H and O–H groups in total. The molecule has 10 heteroatoms. The maximum absolute atomic E-state index is 14.2. The largest absolute Gasteiger partial charge is 0.495 e. The quantitative estimate of drug-likeness (QED) is 0.348. The lowest BCUT2D eigenvalue weighted by molar-refractivity contribution is 0.409. The number of benzene rings is 2. The number of nitriles is 1. The summed E-state index contributed by atoms with van der Waals surface area (Å²) in [6.45, 7) is 3.70. The normalized spacial score (nSPS) is 11.6. The highest BCUT2D eigenvalue weighted by atomic mass is 16.5. The van der Waals surface area contributed by atoms with Crippen LogP contribution >= 0.6 is 0 Å². The maximum Gasteiger partial charge on any atom is 0.266 e. The molecular formula is C28H24N8O2. The van der Waals surface area contributed by atoms with Gasteiger partial charge in [0.1, 0.15) is 29.0 Å². The Morgan fingerprint density at radius 3 is 2.61 bits per heavy atom. The minimum atomic E-state index is -0.529. The van der Waals surface area contributed by atoms with Gasteiger partial charge in [0.15, 0.2) is 0 Å². The third kappa shape index (κ3) is 4.37. The van der Waals surface area contributed by atoms with Crippen LogP contribution in [-0.2, 0) is 0 Å². The molecule has 0 aliphatic heterocycles. The second kappa shape index (κ2) is 9.99. The smallest absolute Gasteiger partial charge is 0.266 e. The Morgan fingerprint density at radius 1 is 1.08 bits per heavy atom. The number of para-hydroxylation sites is 1. The number of anilines is 2. The van der Waals surface area contributed by atoms with Crippen molar-refractivity contribution in [1.82, 2.24) is 24.5 Å². The SMILES string of the molecule is COc1cc(-c2cccc3nc([C@H](C)Nc4nc(N)ncc4C#N)n(-c4ccccc4)c(=O)c23)cnc1C. The summed E-state index contributed by atoms with van der Waals surface area (Å²) in [6, 6.07) is 18.2. The lowest BCUT2D eigenvalue weighted by Gasteiger charge is -2.21. The number of hydrogen-bond acceptors (Lipinski definition) is 9. The van der Waals surface area contributed by atoms with E-state index in [1.54, 1.807) is 23.9 Å². The van der Waals surface area contributed by atoms with Gasteiger partial charge in [-0.15, -0.1) is 0 Å². The summed E-state index contributed by atoms with van der Waals surface area (Å²) in [7, 11) is 1.59. The van der Waals surface area contributed by atoms with E-state index in [9.17, 15) is 10.1 Å². The zero-order valence-electron chi connectivity index (χ0n) is 21.0. The first-order valence-corrected chi connectivity index (χ1v) is 11.8. The second-order valence-corrected chi connectivity index (χ2v) is 8.63. The van der Waals surface area contributed by atoms with Crippen LogP contribution in [0.25, 0.3) is 27.7 Å². The number of nitrogen functional groups attached to an aromatic ring is 1. The number of pyridine rings is 1. The van der Waals surface area contributed by atoms with Crippen molar-refractivity contribution < 1.29 is 4.74 Å². The van der Waals surface area contributed by atoms with Crippen LogP contribution in [0.5, 0.6) is 5.75 Å². The molecule has 5 aromatic rings. The summed E-state index contributed by atoms with van der Waals surface area (Å²) in [5.74, 6) is 1.35. The summed E-state index contributed by atoms with van der Waals surface area (Å²) >= 11 is 0. The number of nitrogens with two attached hydrogens (primary N) is 1. The first-order chi connectivity index (χ1) is 18.4. The van der Waals surface area contributed by atoms with E-state index >= 15 is 0 Å². The zero-order chi connectivity index (χ0) is 26.8. The minimum absolute atomic E-state index is 0.0254. The Morgan fingerprint density at radius 2 is 1.87 bits per heavy atom. The van der Waals surface area contributed by atoms with Crippen LogP contribution in [0.2, 0.25) is 0 Å². The first kappa shape index (κ1) is 24.4. The molecule has 3 aromatic heterocycles. The number of fused-ring (bicyclic) bond motifs is 1. The standard InChI is InChI=1S/C28H24N8O2/c1-16-23(38-3)12-18(14-31-16)21-10-7-11-22-24(21)27(37)36(20-8-5-4-6-9-20)26(34-22)17(2)33-25-19(13-29)15-32-28(30)35-25/h4-12,14-15,17H,1-3H3,(H3,30,32,33,35)/t17-/m0/s1. The Kier molecular flexibility index (Phi) is 6.41. The van der Waals surface area contributed by atoms with Crippen LogP contribution in [0.3, 0.4) is 0 Å². The molecule has 3 heterocycles. The van der Waals surface area contributed by atoms with E-state index < -0.39 is 6.04 Å². The third-order valence-corrected chi connectivity index (χ3v) is 6.18. The number of nitrogens with one attached hydrogen (secondary N) is 1. The van der Waals surface area contributed by atoms with E-state index in [0.29, 0.717) is 33.7 Å². The van der Waals surface area contributed by atoms with Crippen LogP contribution in [0.15, 0.2) is 71.8 Å². The highest BCUT2D eigenvalue weighted by Gasteiger charge is 2.22. The summed E-state index contributed by atoms with van der Waals surface area (Å²) in [4.78, 5) is 31.7. The van der Waals surface area contributed by atoms with Gasteiger partial charge >= 0.3 is 0 Å². The van der Waals surface area contributed by atoms with Crippen molar-refractivity contribution in [3.8, 4) is 28.6 Å². The minimum Gasteiger partial charge on any atom is -0.495 e. The lowest BCUT2D eigenvalue weighted by atomic mass is 10.0. The van der Waals surface area contributed by atoms with Gasteiger partial charge in [0.25, 0.3) is 5.56 Å². The van der Waals surface area contributed by atoms with Gasteiger partial charge in [-0.1, -0.05) is 30.3 Å². The van der Waals surface area contributed by atoms with Crippen molar-refractivity contribution >= 4 is 22.7 Å². The van der Waals surface area contributed by atoms with Crippen molar-refractivity contribution in [1.29, 1.82) is 5.26 Å². The van der Waals surface area contributed by atoms with E-state index in [0.717, 1.165) is 11.3 Å². The monoisotopic (exact) mass is 504 g/mol. The molecule has 0 saturated heterocycles. The Labute approximate surface area is 218 Å². The lowest BCUT2D eigenvalue weighted by Crippen LogP contribution is -2.28. The first-order valence-electron chi connectivity index (χ1n) is 11.8. The van der Waals surface area contributed by atoms with E-state index in [4.69, 9.17) is 15.5 Å². The van der Waals surface area contributed by atoms with Crippen LogP contribution < -0.4 is 21.3 Å². The predicted octanol–water partition coefficient (Wildman–Crippen LogP) is 4.18. The van der Waals surface area contributed by atoms with Gasteiger partial charge < -0.3 is 15.8 Å². The highest BCUT2D eigenvalue weighted by molar-refractivity contribution is 5.94. The van der Waals surface area contributed by atoms with Crippen molar-refractivity contribution in [2.45, 2.75) is 19.9 Å². The summed E-state index contributed by atoms with van der Waals surface area (Å²) in [6.07, 6.45) is 3.07. The molecule has 0 spiro atoms. The van der Waals surface area contributed by atoms with Crippen molar-refractivity contribution in [3.63, 3.8) is 0 Å². The van der Waals surface area contributed by atoms with Gasteiger partial charge in [0.05, 0.1) is 41.6 Å². The average molecular weight is 505 g/mol. The highest BCUT2D eigenvalue weighted by Crippen LogP contribution is 2.31. The Bertz CT molecular complexity index is 1760. The van der Waals surface area contributed by atoms with Gasteiger partial charge in [0.2, 0.25) is 5.95 Å². The van der Waals surface area contributed by atoms with Crippen molar-refractivity contribution in [3.05, 3.63) is 94.4 Å². The van der Waals surface area contributed by atoms with Gasteiger partial charge in [-0.2, -0.15) is 10.2 Å². The molecule has 0 amide bonds.